The molecule has 0 aliphatic carbocycles. The van der Waals surface area contributed by atoms with Gasteiger partial charge in [0.15, 0.2) is 0 Å². The van der Waals surface area contributed by atoms with Gasteiger partial charge in [0.05, 0.1) is 6.61 Å². The number of unbranched alkanes of at least 4 members (excludes halogenated alkanes) is 1. The number of carbonyl (C=O) groups is 2. The highest BCUT2D eigenvalue weighted by molar-refractivity contribution is 6.26. The van der Waals surface area contributed by atoms with Crippen molar-refractivity contribution in [2.75, 3.05) is 33.4 Å². The summed E-state index contributed by atoms with van der Waals surface area (Å²) in [6.07, 6.45) is 1.48. The number of benzene rings is 2. The standard InChI is InChI=1S/C19H22N2O4/c1-24-11-12-25-16-8-7-15-17-13(16)5-4-6-14(17)18(22)21(19(15)23)10-3-2-9-20/h4-8H,2-3,9-12,20H2,1H3. The number of hydrogen-bond donors (Lipinski definition) is 1. The van der Waals surface area contributed by atoms with Crippen LogP contribution in [0.5, 0.6) is 5.75 Å². The van der Waals surface area contributed by atoms with Gasteiger partial charge in [-0.15, -0.1) is 0 Å². The second kappa shape index (κ2) is 7.63. The van der Waals surface area contributed by atoms with Crippen molar-refractivity contribution in [1.82, 2.24) is 4.90 Å². The molecule has 2 amide bonds. The molecule has 2 N–H and O–H groups in total. The molecule has 0 saturated heterocycles. The molecule has 132 valence electrons. The average molecular weight is 342 g/mol. The highest BCUT2D eigenvalue weighted by Crippen LogP contribution is 2.35. The van der Waals surface area contributed by atoms with E-state index in [1.54, 1.807) is 25.3 Å². The zero-order valence-electron chi connectivity index (χ0n) is 14.3. The van der Waals surface area contributed by atoms with Gasteiger partial charge in [-0.25, -0.2) is 0 Å². The van der Waals surface area contributed by atoms with Gasteiger partial charge in [-0.05, 0) is 37.6 Å². The Morgan fingerprint density at radius 3 is 2.48 bits per heavy atom. The lowest BCUT2D eigenvalue weighted by Gasteiger charge is -2.27. The molecule has 1 aliphatic rings. The van der Waals surface area contributed by atoms with Crippen LogP contribution in [0, 0.1) is 0 Å². The van der Waals surface area contributed by atoms with Gasteiger partial charge < -0.3 is 15.2 Å². The SMILES string of the molecule is COCCOc1ccc2c3c(cccc13)C(=O)N(CCCCN)C2=O. The van der Waals surface area contributed by atoms with Crippen LogP contribution in [0.2, 0.25) is 0 Å². The summed E-state index contributed by atoms with van der Waals surface area (Å²) in [6, 6.07) is 8.96. The molecule has 0 bridgehead atoms. The molecule has 1 heterocycles. The molecule has 0 aromatic heterocycles. The lowest BCUT2D eigenvalue weighted by atomic mass is 9.93. The van der Waals surface area contributed by atoms with Crippen LogP contribution >= 0.6 is 0 Å². The number of methoxy groups -OCH3 is 1. The summed E-state index contributed by atoms with van der Waals surface area (Å²) in [4.78, 5) is 26.9. The van der Waals surface area contributed by atoms with Crippen LogP contribution in [0.1, 0.15) is 33.6 Å². The van der Waals surface area contributed by atoms with E-state index in [0.717, 1.165) is 11.8 Å². The van der Waals surface area contributed by atoms with Crippen LogP contribution in [-0.4, -0.2) is 50.1 Å². The summed E-state index contributed by atoms with van der Waals surface area (Å²) in [5.74, 6) is 0.137. The van der Waals surface area contributed by atoms with E-state index in [9.17, 15) is 9.59 Å². The average Bonchev–Trinajstić information content (AvgIpc) is 2.63. The molecule has 2 aromatic rings. The number of nitrogens with two attached hydrogens (primary N) is 1. The molecule has 0 saturated carbocycles. The molecule has 6 nitrogen and oxygen atoms in total. The molecule has 0 fully saturated rings. The zero-order chi connectivity index (χ0) is 17.8. The quantitative estimate of drug-likeness (QED) is 0.587. The van der Waals surface area contributed by atoms with Crippen LogP contribution in [-0.2, 0) is 4.74 Å². The summed E-state index contributed by atoms with van der Waals surface area (Å²) >= 11 is 0. The minimum Gasteiger partial charge on any atom is -0.491 e. The maximum absolute atomic E-state index is 12.8. The molecule has 25 heavy (non-hydrogen) atoms. The predicted molar refractivity (Wildman–Crippen MR) is 95.0 cm³/mol. The third kappa shape index (κ3) is 3.23. The van der Waals surface area contributed by atoms with E-state index in [1.807, 2.05) is 12.1 Å². The molecule has 0 atom stereocenters. The Balaban J connectivity index is 2.00. The molecule has 3 rings (SSSR count). The molecular weight excluding hydrogens is 320 g/mol. The van der Waals surface area contributed by atoms with Gasteiger partial charge in [0.25, 0.3) is 11.8 Å². The first-order chi connectivity index (χ1) is 12.2. The first kappa shape index (κ1) is 17.4. The van der Waals surface area contributed by atoms with Gasteiger partial charge in [0, 0.05) is 35.6 Å². The first-order valence-corrected chi connectivity index (χ1v) is 8.42. The van der Waals surface area contributed by atoms with E-state index < -0.39 is 0 Å². The summed E-state index contributed by atoms with van der Waals surface area (Å²) in [5.41, 5.74) is 6.59. The van der Waals surface area contributed by atoms with Crippen LogP contribution in [0.4, 0.5) is 0 Å². The lowest BCUT2D eigenvalue weighted by Crippen LogP contribution is -2.41. The van der Waals surface area contributed by atoms with Crippen molar-refractivity contribution in [2.45, 2.75) is 12.8 Å². The Morgan fingerprint density at radius 1 is 1.00 bits per heavy atom. The van der Waals surface area contributed by atoms with E-state index in [4.69, 9.17) is 15.2 Å². The first-order valence-electron chi connectivity index (χ1n) is 8.42. The Labute approximate surface area is 146 Å². The second-order valence-electron chi connectivity index (χ2n) is 5.94. The van der Waals surface area contributed by atoms with Gasteiger partial charge in [-0.3, -0.25) is 14.5 Å². The Bertz CT molecular complexity index is 781. The van der Waals surface area contributed by atoms with Gasteiger partial charge in [-0.1, -0.05) is 12.1 Å². The smallest absolute Gasteiger partial charge is 0.261 e. The summed E-state index contributed by atoms with van der Waals surface area (Å²) in [6.45, 7) is 1.80. The van der Waals surface area contributed by atoms with Crippen molar-refractivity contribution in [2.24, 2.45) is 5.73 Å². The summed E-state index contributed by atoms with van der Waals surface area (Å²) < 4.78 is 10.7. The van der Waals surface area contributed by atoms with Crippen molar-refractivity contribution in [3.63, 3.8) is 0 Å². The zero-order valence-corrected chi connectivity index (χ0v) is 14.3. The Morgan fingerprint density at radius 2 is 1.76 bits per heavy atom. The number of amides is 2. The molecule has 2 aromatic carbocycles. The highest BCUT2D eigenvalue weighted by atomic mass is 16.5. The fourth-order valence-electron chi connectivity index (χ4n) is 3.10. The normalized spacial score (nSPS) is 13.6. The largest absolute Gasteiger partial charge is 0.491 e. The van der Waals surface area contributed by atoms with Crippen LogP contribution < -0.4 is 10.5 Å². The molecular formula is C19H22N2O4. The van der Waals surface area contributed by atoms with Crippen molar-refractivity contribution in [1.29, 1.82) is 0 Å². The number of ether oxygens (including phenoxy) is 2. The lowest BCUT2D eigenvalue weighted by molar-refractivity contribution is 0.0608. The number of carbonyl (C=O) groups excluding carboxylic acids is 2. The monoisotopic (exact) mass is 342 g/mol. The third-order valence-electron chi connectivity index (χ3n) is 4.33. The number of rotatable bonds is 8. The van der Waals surface area contributed by atoms with Crippen LogP contribution in [0.3, 0.4) is 0 Å². The van der Waals surface area contributed by atoms with E-state index in [2.05, 4.69) is 0 Å². The third-order valence-corrected chi connectivity index (χ3v) is 4.33. The van der Waals surface area contributed by atoms with E-state index in [-0.39, 0.29) is 11.8 Å². The molecule has 6 heteroatoms. The van der Waals surface area contributed by atoms with E-state index in [0.29, 0.717) is 55.0 Å². The van der Waals surface area contributed by atoms with Crippen molar-refractivity contribution in [3.8, 4) is 5.75 Å². The molecule has 1 aliphatic heterocycles. The minimum atomic E-state index is -0.255. The molecule has 0 radical (unpaired) electrons. The number of imide groups is 1. The fraction of sp³-hybridized carbons (Fsp3) is 0.368. The number of nitrogens with zero attached hydrogens (tertiary/aromatic N) is 1. The van der Waals surface area contributed by atoms with E-state index >= 15 is 0 Å². The van der Waals surface area contributed by atoms with Gasteiger partial charge in [0.2, 0.25) is 0 Å². The van der Waals surface area contributed by atoms with Gasteiger partial charge >= 0.3 is 0 Å². The minimum absolute atomic E-state index is 0.255. The molecule has 0 spiro atoms. The van der Waals surface area contributed by atoms with E-state index in [1.165, 1.54) is 4.90 Å². The summed E-state index contributed by atoms with van der Waals surface area (Å²) in [5, 5.41) is 1.44. The Hall–Kier alpha value is -2.44. The van der Waals surface area contributed by atoms with Crippen LogP contribution in [0.25, 0.3) is 10.8 Å². The topological polar surface area (TPSA) is 81.9 Å². The van der Waals surface area contributed by atoms with Gasteiger partial charge in [-0.2, -0.15) is 0 Å². The second-order valence-corrected chi connectivity index (χ2v) is 5.94. The highest BCUT2D eigenvalue weighted by Gasteiger charge is 2.32. The Kier molecular flexibility index (Phi) is 5.31. The maximum atomic E-state index is 12.8. The maximum Gasteiger partial charge on any atom is 0.261 e. The number of hydrogen-bond acceptors (Lipinski definition) is 5. The van der Waals surface area contributed by atoms with Crippen molar-refractivity contribution >= 4 is 22.6 Å². The van der Waals surface area contributed by atoms with Gasteiger partial charge in [0.1, 0.15) is 12.4 Å². The van der Waals surface area contributed by atoms with Crippen LogP contribution in [0.15, 0.2) is 30.3 Å². The summed E-state index contributed by atoms with van der Waals surface area (Å²) in [7, 11) is 1.61. The molecule has 0 unspecified atom stereocenters. The van der Waals surface area contributed by atoms with Crippen molar-refractivity contribution in [3.05, 3.63) is 41.5 Å². The fourth-order valence-corrected chi connectivity index (χ4v) is 3.10. The predicted octanol–water partition coefficient (Wildman–Crippen LogP) is 2.20. The van der Waals surface area contributed by atoms with Crippen molar-refractivity contribution < 1.29 is 19.1 Å².